The number of aromatic nitrogens is 2. The maximum atomic E-state index is 5.76. The van der Waals surface area contributed by atoms with E-state index in [0.29, 0.717) is 0 Å². The van der Waals surface area contributed by atoms with E-state index in [2.05, 4.69) is 56.8 Å². The van der Waals surface area contributed by atoms with Crippen molar-refractivity contribution in [3.63, 3.8) is 0 Å². The highest BCUT2D eigenvalue weighted by Crippen LogP contribution is 2.22. The molecular formula is C14H25BrN4O. The summed E-state index contributed by atoms with van der Waals surface area (Å²) in [6.07, 6.45) is 1.24. The van der Waals surface area contributed by atoms with Crippen LogP contribution in [0.2, 0.25) is 0 Å². The van der Waals surface area contributed by atoms with Gasteiger partial charge in [-0.05, 0) is 36.3 Å². The minimum absolute atomic E-state index is 0.288. The van der Waals surface area contributed by atoms with E-state index in [1.54, 1.807) is 0 Å². The fourth-order valence-corrected chi connectivity index (χ4v) is 3.23. The summed E-state index contributed by atoms with van der Waals surface area (Å²) < 4.78 is 8.98. The van der Waals surface area contributed by atoms with Crippen molar-refractivity contribution in [2.75, 3.05) is 33.3 Å². The molecule has 0 saturated carbocycles. The zero-order chi connectivity index (χ0) is 14.5. The number of hydrogen-bond acceptors (Lipinski definition) is 4. The van der Waals surface area contributed by atoms with Crippen molar-refractivity contribution in [1.29, 1.82) is 0 Å². The molecule has 0 radical (unpaired) electrons. The second-order valence-corrected chi connectivity index (χ2v) is 6.06. The van der Waals surface area contributed by atoms with E-state index >= 15 is 0 Å². The number of ether oxygens (including phenoxy) is 1. The smallest absolute Gasteiger partial charge is 0.0826 e. The highest BCUT2D eigenvalue weighted by atomic mass is 79.9. The number of hydrogen-bond donors (Lipinski definition) is 1. The first-order valence-corrected chi connectivity index (χ1v) is 8.19. The molecule has 2 rings (SSSR count). The fraction of sp³-hybridized carbons (Fsp3) is 0.786. The Bertz CT molecular complexity index is 435. The Morgan fingerprint density at radius 1 is 1.45 bits per heavy atom. The molecule has 0 amide bonds. The molecule has 1 fully saturated rings. The van der Waals surface area contributed by atoms with Crippen LogP contribution in [0.5, 0.6) is 0 Å². The molecule has 20 heavy (non-hydrogen) atoms. The summed E-state index contributed by atoms with van der Waals surface area (Å²) in [7, 11) is 2.14. The normalized spacial score (nSPS) is 20.5. The van der Waals surface area contributed by atoms with E-state index in [0.717, 1.165) is 55.9 Å². The van der Waals surface area contributed by atoms with Gasteiger partial charge in [0.1, 0.15) is 0 Å². The Hall–Kier alpha value is -0.430. The van der Waals surface area contributed by atoms with Crippen LogP contribution in [0.1, 0.15) is 25.2 Å². The number of morpholine rings is 1. The second-order valence-electron chi connectivity index (χ2n) is 5.26. The summed E-state index contributed by atoms with van der Waals surface area (Å²) in [4.78, 5) is 2.32. The van der Waals surface area contributed by atoms with E-state index < -0.39 is 0 Å². The molecule has 0 spiro atoms. The molecule has 114 valence electrons. The Morgan fingerprint density at radius 3 is 2.90 bits per heavy atom. The highest BCUT2D eigenvalue weighted by molar-refractivity contribution is 9.10. The van der Waals surface area contributed by atoms with Crippen molar-refractivity contribution >= 4 is 15.9 Å². The topological polar surface area (TPSA) is 42.3 Å². The first-order chi connectivity index (χ1) is 9.65. The van der Waals surface area contributed by atoms with Gasteiger partial charge in [-0.2, -0.15) is 5.10 Å². The van der Waals surface area contributed by atoms with Crippen molar-refractivity contribution in [2.45, 2.75) is 39.5 Å². The van der Waals surface area contributed by atoms with Gasteiger partial charge in [0.2, 0.25) is 0 Å². The third kappa shape index (κ3) is 3.81. The van der Waals surface area contributed by atoms with Crippen LogP contribution in [0.3, 0.4) is 0 Å². The van der Waals surface area contributed by atoms with Crippen LogP contribution in [0, 0.1) is 0 Å². The quantitative estimate of drug-likeness (QED) is 0.851. The fourth-order valence-electron chi connectivity index (χ4n) is 2.53. The van der Waals surface area contributed by atoms with Crippen LogP contribution in [0.15, 0.2) is 4.47 Å². The van der Waals surface area contributed by atoms with Gasteiger partial charge in [-0.3, -0.25) is 4.68 Å². The monoisotopic (exact) mass is 344 g/mol. The lowest BCUT2D eigenvalue weighted by molar-refractivity contribution is -0.0182. The first-order valence-electron chi connectivity index (χ1n) is 7.40. The Labute approximate surface area is 129 Å². The van der Waals surface area contributed by atoms with Crippen molar-refractivity contribution in [3.05, 3.63) is 15.9 Å². The zero-order valence-corrected chi connectivity index (χ0v) is 14.2. The van der Waals surface area contributed by atoms with Crippen LogP contribution in [0.4, 0.5) is 0 Å². The van der Waals surface area contributed by atoms with Crippen molar-refractivity contribution in [3.8, 4) is 0 Å². The van der Waals surface area contributed by atoms with E-state index in [1.165, 1.54) is 5.69 Å². The van der Waals surface area contributed by atoms with Crippen LogP contribution < -0.4 is 5.32 Å². The molecule has 1 atom stereocenters. The lowest BCUT2D eigenvalue weighted by Crippen LogP contribution is -2.44. The third-order valence-electron chi connectivity index (χ3n) is 3.70. The number of aryl methyl sites for hydroxylation is 2. The van der Waals surface area contributed by atoms with Crippen molar-refractivity contribution < 1.29 is 4.74 Å². The summed E-state index contributed by atoms with van der Waals surface area (Å²) >= 11 is 3.68. The van der Waals surface area contributed by atoms with Crippen molar-refractivity contribution in [1.82, 2.24) is 20.0 Å². The van der Waals surface area contributed by atoms with Gasteiger partial charge in [-0.15, -0.1) is 0 Å². The molecule has 1 N–H and O–H groups in total. The van der Waals surface area contributed by atoms with Crippen molar-refractivity contribution in [2.24, 2.45) is 0 Å². The average molecular weight is 345 g/mol. The molecule has 0 aliphatic carbocycles. The van der Waals surface area contributed by atoms with E-state index in [4.69, 9.17) is 4.74 Å². The lowest BCUT2D eigenvalue weighted by atomic mass is 10.2. The minimum Gasteiger partial charge on any atom is -0.374 e. The molecule has 1 aromatic rings. The standard InChI is InChI=1S/C14H25BrN4O/c1-4-12-14(15)13(19(5-2)17-12)9-16-8-11-10-18(3)6-7-20-11/h11,16H,4-10H2,1-3H3. The van der Waals surface area contributed by atoms with E-state index in [9.17, 15) is 0 Å². The van der Waals surface area contributed by atoms with Gasteiger partial charge in [0.15, 0.2) is 0 Å². The predicted octanol–water partition coefficient (Wildman–Crippen LogP) is 1.65. The van der Waals surface area contributed by atoms with Gasteiger partial charge in [-0.25, -0.2) is 0 Å². The van der Waals surface area contributed by atoms with Gasteiger partial charge < -0.3 is 15.0 Å². The molecule has 5 nitrogen and oxygen atoms in total. The van der Waals surface area contributed by atoms with Gasteiger partial charge >= 0.3 is 0 Å². The number of halogens is 1. The van der Waals surface area contributed by atoms with Gasteiger partial charge in [0.25, 0.3) is 0 Å². The maximum Gasteiger partial charge on any atom is 0.0826 e. The molecule has 2 heterocycles. The summed E-state index contributed by atoms with van der Waals surface area (Å²) in [5.41, 5.74) is 2.37. The molecule has 1 unspecified atom stereocenters. The van der Waals surface area contributed by atoms with Gasteiger partial charge in [-0.1, -0.05) is 6.92 Å². The lowest BCUT2D eigenvalue weighted by Gasteiger charge is -2.30. The molecule has 0 bridgehead atoms. The maximum absolute atomic E-state index is 5.76. The number of nitrogens with zero attached hydrogens (tertiary/aromatic N) is 3. The highest BCUT2D eigenvalue weighted by Gasteiger charge is 2.18. The number of likely N-dealkylation sites (N-methyl/N-ethyl adjacent to an activating group) is 1. The number of rotatable bonds is 6. The Balaban J connectivity index is 1.88. The Morgan fingerprint density at radius 2 is 2.25 bits per heavy atom. The number of nitrogens with one attached hydrogen (secondary N) is 1. The average Bonchev–Trinajstić information content (AvgIpc) is 2.75. The molecule has 1 aliphatic rings. The van der Waals surface area contributed by atoms with Gasteiger partial charge in [0, 0.05) is 32.7 Å². The third-order valence-corrected chi connectivity index (χ3v) is 4.62. The molecule has 1 aliphatic heterocycles. The second kappa shape index (κ2) is 7.54. The zero-order valence-electron chi connectivity index (χ0n) is 12.7. The van der Waals surface area contributed by atoms with Gasteiger partial charge in [0.05, 0.1) is 28.6 Å². The largest absolute Gasteiger partial charge is 0.374 e. The van der Waals surface area contributed by atoms with Crippen LogP contribution in [-0.2, 0) is 24.2 Å². The summed E-state index contributed by atoms with van der Waals surface area (Å²) in [5.74, 6) is 0. The Kier molecular flexibility index (Phi) is 6.01. The SMILES string of the molecule is CCc1nn(CC)c(CNCC2CN(C)CCO2)c1Br. The minimum atomic E-state index is 0.288. The van der Waals surface area contributed by atoms with E-state index in [1.807, 2.05) is 0 Å². The summed E-state index contributed by atoms with van der Waals surface area (Å²) in [5, 5.41) is 8.12. The van der Waals surface area contributed by atoms with E-state index in [-0.39, 0.29) is 6.10 Å². The summed E-state index contributed by atoms with van der Waals surface area (Å²) in [6.45, 7) is 9.74. The van der Waals surface area contributed by atoms with Crippen LogP contribution >= 0.6 is 15.9 Å². The first kappa shape index (κ1) is 15.9. The molecule has 1 saturated heterocycles. The molecule has 1 aromatic heterocycles. The predicted molar refractivity (Wildman–Crippen MR) is 83.9 cm³/mol. The van der Waals surface area contributed by atoms with Crippen LogP contribution in [-0.4, -0.2) is 54.1 Å². The molecular weight excluding hydrogens is 320 g/mol. The molecule has 6 heteroatoms. The summed E-state index contributed by atoms with van der Waals surface area (Å²) in [6, 6.07) is 0. The molecule has 0 aromatic carbocycles. The van der Waals surface area contributed by atoms with Crippen LogP contribution in [0.25, 0.3) is 0 Å².